The summed E-state index contributed by atoms with van der Waals surface area (Å²) in [5, 5.41) is 18.6. The van der Waals surface area contributed by atoms with Crippen LogP contribution in [0.4, 0.5) is 0 Å². The zero-order valence-corrected chi connectivity index (χ0v) is 11.5. The molecule has 1 aliphatic carbocycles. The van der Waals surface area contributed by atoms with Crippen molar-refractivity contribution in [2.75, 3.05) is 19.7 Å². The maximum Gasteiger partial charge on any atom is 0.305 e. The number of likely N-dealkylation sites (tertiary alicyclic amines) is 1. The highest BCUT2D eigenvalue weighted by Crippen LogP contribution is 2.26. The molecule has 0 aromatic rings. The van der Waals surface area contributed by atoms with Crippen molar-refractivity contribution in [3.8, 4) is 0 Å². The number of hydrogen-bond acceptors (Lipinski definition) is 4. The average molecular weight is 271 g/mol. The van der Waals surface area contributed by atoms with Crippen molar-refractivity contribution in [3.63, 3.8) is 0 Å². The zero-order valence-electron chi connectivity index (χ0n) is 11.5. The van der Waals surface area contributed by atoms with Gasteiger partial charge in [-0.1, -0.05) is 12.8 Å². The molecule has 1 heterocycles. The fourth-order valence-electron chi connectivity index (χ4n) is 3.20. The van der Waals surface area contributed by atoms with Gasteiger partial charge in [-0.05, 0) is 25.7 Å². The number of aliphatic carboxylic acids is 1. The fraction of sp³-hybridized carbons (Fsp3) is 0.929. The molecule has 0 amide bonds. The molecule has 5 heteroatoms. The minimum atomic E-state index is -0.803. The number of ether oxygens (including phenoxy) is 1. The number of nitrogens with zero attached hydrogens (tertiary/aromatic N) is 1. The fourth-order valence-corrected chi connectivity index (χ4v) is 3.20. The second-order valence-electron chi connectivity index (χ2n) is 5.67. The molecule has 0 bridgehead atoms. The number of rotatable bonds is 5. The molecule has 0 aromatic heterocycles. The summed E-state index contributed by atoms with van der Waals surface area (Å²) in [5.74, 6) is -0.803. The standard InChI is InChI=1S/C14H25NO4/c16-13-4-2-1-3-12(13)15-8-5-11(6-9-15)19-10-7-14(17)18/h11-13,16H,1-10H2,(H,17,18). The Bertz CT molecular complexity index is 289. The SMILES string of the molecule is O=C(O)CCOC1CCN(C2CCCCC2O)CC1. The number of carboxylic acids is 1. The molecule has 2 fully saturated rings. The largest absolute Gasteiger partial charge is 0.481 e. The van der Waals surface area contributed by atoms with Crippen LogP contribution in [-0.2, 0) is 9.53 Å². The van der Waals surface area contributed by atoms with Crippen LogP contribution in [0.25, 0.3) is 0 Å². The van der Waals surface area contributed by atoms with Crippen LogP contribution in [0.5, 0.6) is 0 Å². The van der Waals surface area contributed by atoms with Crippen molar-refractivity contribution in [1.82, 2.24) is 4.90 Å². The van der Waals surface area contributed by atoms with Crippen LogP contribution in [-0.4, -0.2) is 59.0 Å². The Morgan fingerprint density at radius 2 is 1.84 bits per heavy atom. The highest BCUT2D eigenvalue weighted by atomic mass is 16.5. The second kappa shape index (κ2) is 7.22. The van der Waals surface area contributed by atoms with Crippen LogP contribution >= 0.6 is 0 Å². The zero-order chi connectivity index (χ0) is 13.7. The van der Waals surface area contributed by atoms with Crippen molar-refractivity contribution in [2.45, 2.75) is 63.2 Å². The van der Waals surface area contributed by atoms with E-state index in [1.54, 1.807) is 0 Å². The second-order valence-corrected chi connectivity index (χ2v) is 5.67. The molecule has 2 rings (SSSR count). The van der Waals surface area contributed by atoms with Crippen molar-refractivity contribution < 1.29 is 19.7 Å². The van der Waals surface area contributed by atoms with Gasteiger partial charge in [0.1, 0.15) is 0 Å². The molecular formula is C14H25NO4. The molecule has 0 aromatic carbocycles. The maximum absolute atomic E-state index is 10.4. The predicted octanol–water partition coefficient (Wildman–Crippen LogP) is 1.25. The van der Waals surface area contributed by atoms with Gasteiger partial charge in [0.15, 0.2) is 0 Å². The molecule has 0 spiro atoms. The lowest BCUT2D eigenvalue weighted by atomic mass is 9.90. The summed E-state index contributed by atoms with van der Waals surface area (Å²) >= 11 is 0. The van der Waals surface area contributed by atoms with Gasteiger partial charge in [0, 0.05) is 19.1 Å². The van der Waals surface area contributed by atoms with Crippen LogP contribution in [0.15, 0.2) is 0 Å². The van der Waals surface area contributed by atoms with E-state index < -0.39 is 5.97 Å². The van der Waals surface area contributed by atoms with Gasteiger partial charge in [-0.25, -0.2) is 0 Å². The van der Waals surface area contributed by atoms with E-state index in [1.807, 2.05) is 0 Å². The average Bonchev–Trinajstić information content (AvgIpc) is 2.40. The third kappa shape index (κ3) is 4.44. The lowest BCUT2D eigenvalue weighted by molar-refractivity contribution is -0.139. The minimum Gasteiger partial charge on any atom is -0.481 e. The van der Waals surface area contributed by atoms with Crippen molar-refractivity contribution in [1.29, 1.82) is 0 Å². The molecule has 2 atom stereocenters. The molecular weight excluding hydrogens is 246 g/mol. The number of carboxylic acid groups (broad SMARTS) is 1. The van der Waals surface area contributed by atoms with E-state index >= 15 is 0 Å². The first-order chi connectivity index (χ1) is 9.16. The quantitative estimate of drug-likeness (QED) is 0.787. The summed E-state index contributed by atoms with van der Waals surface area (Å²) in [6, 6.07) is 0.328. The summed E-state index contributed by atoms with van der Waals surface area (Å²) in [5.41, 5.74) is 0. The van der Waals surface area contributed by atoms with Gasteiger partial charge in [-0.2, -0.15) is 0 Å². The molecule has 5 nitrogen and oxygen atoms in total. The van der Waals surface area contributed by atoms with Crippen molar-refractivity contribution in [2.24, 2.45) is 0 Å². The molecule has 2 N–H and O–H groups in total. The van der Waals surface area contributed by atoms with Crippen LogP contribution in [0.1, 0.15) is 44.9 Å². The Balaban J connectivity index is 1.68. The Morgan fingerprint density at radius 3 is 2.47 bits per heavy atom. The number of hydrogen-bond donors (Lipinski definition) is 2. The molecule has 1 aliphatic heterocycles. The van der Waals surface area contributed by atoms with E-state index in [0.717, 1.165) is 45.2 Å². The smallest absolute Gasteiger partial charge is 0.305 e. The van der Waals surface area contributed by atoms with Gasteiger partial charge in [-0.15, -0.1) is 0 Å². The van der Waals surface area contributed by atoms with Crippen molar-refractivity contribution >= 4 is 5.97 Å². The van der Waals surface area contributed by atoms with Crippen molar-refractivity contribution in [3.05, 3.63) is 0 Å². The number of aliphatic hydroxyl groups excluding tert-OH is 1. The topological polar surface area (TPSA) is 70.0 Å². The summed E-state index contributed by atoms with van der Waals surface area (Å²) in [7, 11) is 0. The van der Waals surface area contributed by atoms with E-state index in [2.05, 4.69) is 4.90 Å². The van der Waals surface area contributed by atoms with E-state index in [1.165, 1.54) is 6.42 Å². The normalized spacial score (nSPS) is 30.4. The highest BCUT2D eigenvalue weighted by molar-refractivity contribution is 5.66. The van der Waals surface area contributed by atoms with Gasteiger partial charge in [-0.3, -0.25) is 9.69 Å². The lowest BCUT2D eigenvalue weighted by Gasteiger charge is -2.41. The van der Waals surface area contributed by atoms with Crippen LogP contribution in [0.3, 0.4) is 0 Å². The number of carbonyl (C=O) groups is 1. The van der Waals surface area contributed by atoms with E-state index in [4.69, 9.17) is 9.84 Å². The van der Waals surface area contributed by atoms with Gasteiger partial charge >= 0.3 is 5.97 Å². The van der Waals surface area contributed by atoms with E-state index in [9.17, 15) is 9.90 Å². The Hall–Kier alpha value is -0.650. The van der Waals surface area contributed by atoms with Crippen LogP contribution in [0, 0.1) is 0 Å². The highest BCUT2D eigenvalue weighted by Gasteiger charge is 2.31. The third-order valence-electron chi connectivity index (χ3n) is 4.31. The first-order valence-corrected chi connectivity index (χ1v) is 7.42. The third-order valence-corrected chi connectivity index (χ3v) is 4.31. The van der Waals surface area contributed by atoms with Gasteiger partial charge in [0.2, 0.25) is 0 Å². The van der Waals surface area contributed by atoms with E-state index in [0.29, 0.717) is 12.6 Å². The Labute approximate surface area is 114 Å². The first-order valence-electron chi connectivity index (χ1n) is 7.42. The number of aliphatic hydroxyl groups is 1. The molecule has 2 aliphatic rings. The van der Waals surface area contributed by atoms with Gasteiger partial charge < -0.3 is 14.9 Å². The minimum absolute atomic E-state index is 0.0849. The van der Waals surface area contributed by atoms with Crippen LogP contribution < -0.4 is 0 Å². The van der Waals surface area contributed by atoms with Gasteiger partial charge in [0.25, 0.3) is 0 Å². The first kappa shape index (κ1) is 14.8. The molecule has 110 valence electrons. The molecule has 1 saturated heterocycles. The predicted molar refractivity (Wildman–Crippen MR) is 71.1 cm³/mol. The summed E-state index contributed by atoms with van der Waals surface area (Å²) < 4.78 is 5.59. The lowest BCUT2D eigenvalue weighted by Crippen LogP contribution is -2.49. The summed E-state index contributed by atoms with van der Waals surface area (Å²) in [4.78, 5) is 12.8. The van der Waals surface area contributed by atoms with Gasteiger partial charge in [0.05, 0.1) is 25.2 Å². The Morgan fingerprint density at radius 1 is 1.16 bits per heavy atom. The Kier molecular flexibility index (Phi) is 5.60. The van der Waals surface area contributed by atoms with Crippen LogP contribution in [0.2, 0.25) is 0 Å². The maximum atomic E-state index is 10.4. The van der Waals surface area contributed by atoms with E-state index in [-0.39, 0.29) is 18.6 Å². The molecule has 2 unspecified atom stereocenters. The number of piperidine rings is 1. The summed E-state index contributed by atoms with van der Waals surface area (Å²) in [6.07, 6.45) is 6.40. The molecule has 0 radical (unpaired) electrons. The molecule has 19 heavy (non-hydrogen) atoms. The molecule has 1 saturated carbocycles. The monoisotopic (exact) mass is 271 g/mol. The summed E-state index contributed by atoms with van der Waals surface area (Å²) in [6.45, 7) is 2.23.